The highest BCUT2D eigenvalue weighted by Crippen LogP contribution is 2.25. The third-order valence-electron chi connectivity index (χ3n) is 6.06. The molecule has 2 heterocycles. The zero-order valence-corrected chi connectivity index (χ0v) is 17.8. The van der Waals surface area contributed by atoms with E-state index in [0.29, 0.717) is 33.0 Å². The minimum atomic E-state index is -0.00742. The first-order valence-electron chi connectivity index (χ1n) is 11.1. The molecule has 2 aliphatic heterocycles. The summed E-state index contributed by atoms with van der Waals surface area (Å²) in [5.74, 6) is 0.203. The van der Waals surface area contributed by atoms with Crippen LogP contribution in [0.2, 0.25) is 0 Å². The second-order valence-electron chi connectivity index (χ2n) is 8.22. The van der Waals surface area contributed by atoms with Crippen LogP contribution in [0.1, 0.15) is 31.2 Å². The lowest BCUT2D eigenvalue weighted by molar-refractivity contribution is -0.125. The maximum Gasteiger partial charge on any atom is 0.230 e. The minimum Gasteiger partial charge on any atom is -0.381 e. The first-order valence-corrected chi connectivity index (χ1v) is 11.1. The minimum absolute atomic E-state index is 0.00742. The molecule has 4 rings (SSSR count). The fraction of sp³-hybridized carbons (Fsp3) is 0.440. The number of carbonyl (C=O) groups is 2. The van der Waals surface area contributed by atoms with Gasteiger partial charge in [0.1, 0.15) is 0 Å². The maximum atomic E-state index is 13.3. The molecule has 2 aliphatic rings. The quantitative estimate of drug-likeness (QED) is 0.764. The topological polar surface area (TPSA) is 67.9 Å². The second-order valence-corrected chi connectivity index (χ2v) is 8.22. The summed E-state index contributed by atoms with van der Waals surface area (Å²) >= 11 is 0. The molecule has 0 radical (unpaired) electrons. The number of ether oxygens (including phenoxy) is 2. The van der Waals surface area contributed by atoms with Crippen LogP contribution >= 0.6 is 0 Å². The Bertz CT molecular complexity index is 857. The first kappa shape index (κ1) is 21.5. The number of amides is 2. The molecule has 2 saturated heterocycles. The average Bonchev–Trinajstić information content (AvgIpc) is 2.85. The Morgan fingerprint density at radius 2 is 1.39 bits per heavy atom. The molecule has 0 atom stereocenters. The first-order chi connectivity index (χ1) is 15.2. The van der Waals surface area contributed by atoms with Crippen molar-refractivity contribution >= 4 is 23.2 Å². The smallest absolute Gasteiger partial charge is 0.230 e. The molecule has 0 spiro atoms. The molecular weight excluding hydrogens is 392 g/mol. The van der Waals surface area contributed by atoms with Crippen molar-refractivity contribution < 1.29 is 19.1 Å². The molecule has 2 aromatic carbocycles. The summed E-state index contributed by atoms with van der Waals surface area (Å²) in [4.78, 5) is 27.6. The van der Waals surface area contributed by atoms with Crippen LogP contribution < -0.4 is 10.2 Å². The number of hydrogen-bond donors (Lipinski definition) is 1. The molecule has 1 N–H and O–H groups in total. The average molecular weight is 423 g/mol. The SMILES string of the molecule is O=C(Nc1ccc(CN(C(=O)C2CCOCC2)c2ccccc2)cc1)C1CCOCC1. The van der Waals surface area contributed by atoms with Gasteiger partial charge in [0.2, 0.25) is 11.8 Å². The van der Waals surface area contributed by atoms with Gasteiger partial charge in [-0.05, 0) is 55.5 Å². The number of nitrogens with zero attached hydrogens (tertiary/aromatic N) is 1. The van der Waals surface area contributed by atoms with Crippen molar-refractivity contribution in [2.24, 2.45) is 11.8 Å². The zero-order chi connectivity index (χ0) is 21.5. The van der Waals surface area contributed by atoms with Gasteiger partial charge in [-0.2, -0.15) is 0 Å². The van der Waals surface area contributed by atoms with E-state index in [9.17, 15) is 9.59 Å². The van der Waals surface area contributed by atoms with Crippen molar-refractivity contribution in [2.45, 2.75) is 32.2 Å². The number of hydrogen-bond acceptors (Lipinski definition) is 4. The van der Waals surface area contributed by atoms with Crippen LogP contribution in [0.3, 0.4) is 0 Å². The zero-order valence-electron chi connectivity index (χ0n) is 17.8. The van der Waals surface area contributed by atoms with Gasteiger partial charge in [-0.25, -0.2) is 0 Å². The molecule has 6 nitrogen and oxygen atoms in total. The fourth-order valence-electron chi connectivity index (χ4n) is 4.15. The summed E-state index contributed by atoms with van der Waals surface area (Å²) in [6.07, 6.45) is 3.06. The molecule has 164 valence electrons. The van der Waals surface area contributed by atoms with E-state index < -0.39 is 0 Å². The third-order valence-corrected chi connectivity index (χ3v) is 6.06. The highest BCUT2D eigenvalue weighted by molar-refractivity contribution is 5.95. The molecule has 0 saturated carbocycles. The van der Waals surface area contributed by atoms with E-state index in [1.165, 1.54) is 0 Å². The van der Waals surface area contributed by atoms with Crippen LogP contribution in [-0.4, -0.2) is 38.2 Å². The van der Waals surface area contributed by atoms with Gasteiger partial charge < -0.3 is 19.7 Å². The lowest BCUT2D eigenvalue weighted by Gasteiger charge is -2.29. The highest BCUT2D eigenvalue weighted by atomic mass is 16.5. The molecule has 2 aromatic rings. The number of anilines is 2. The molecule has 6 heteroatoms. The molecule has 2 amide bonds. The molecule has 0 aliphatic carbocycles. The molecule has 2 fully saturated rings. The lowest BCUT2D eigenvalue weighted by atomic mass is 9.98. The Hall–Kier alpha value is -2.70. The van der Waals surface area contributed by atoms with E-state index >= 15 is 0 Å². The predicted molar refractivity (Wildman–Crippen MR) is 120 cm³/mol. The van der Waals surface area contributed by atoms with Crippen molar-refractivity contribution in [3.63, 3.8) is 0 Å². The van der Waals surface area contributed by atoms with Crippen molar-refractivity contribution in [2.75, 3.05) is 36.6 Å². The lowest BCUT2D eigenvalue weighted by Crippen LogP contribution is -2.38. The summed E-state index contributed by atoms with van der Waals surface area (Å²) in [7, 11) is 0. The second kappa shape index (κ2) is 10.6. The van der Waals surface area contributed by atoms with Crippen molar-refractivity contribution in [1.29, 1.82) is 0 Å². The number of carbonyl (C=O) groups excluding carboxylic acids is 2. The standard InChI is InChI=1S/C25H30N2O4/c28-24(20-10-14-30-15-11-20)26-22-8-6-19(7-9-22)18-27(23-4-2-1-3-5-23)25(29)21-12-16-31-17-13-21/h1-9,20-21H,10-18H2,(H,26,28). The largest absolute Gasteiger partial charge is 0.381 e. The van der Waals surface area contributed by atoms with E-state index in [1.54, 1.807) is 0 Å². The molecule has 0 bridgehead atoms. The van der Waals surface area contributed by atoms with Gasteiger partial charge in [0.25, 0.3) is 0 Å². The van der Waals surface area contributed by atoms with Crippen molar-refractivity contribution in [1.82, 2.24) is 0 Å². The van der Waals surface area contributed by atoms with Crippen molar-refractivity contribution in [3.05, 3.63) is 60.2 Å². The number of benzene rings is 2. The van der Waals surface area contributed by atoms with Crippen LogP contribution in [0.15, 0.2) is 54.6 Å². The van der Waals surface area contributed by atoms with Crippen molar-refractivity contribution in [3.8, 4) is 0 Å². The fourth-order valence-corrected chi connectivity index (χ4v) is 4.15. The van der Waals surface area contributed by atoms with Gasteiger partial charge in [0, 0.05) is 49.6 Å². The molecular formula is C25H30N2O4. The van der Waals surface area contributed by atoms with E-state index in [0.717, 1.165) is 42.6 Å². The van der Waals surface area contributed by atoms with E-state index in [-0.39, 0.29) is 23.7 Å². The van der Waals surface area contributed by atoms with Crippen LogP contribution in [0.4, 0.5) is 11.4 Å². The number of para-hydroxylation sites is 1. The Morgan fingerprint density at radius 3 is 2.00 bits per heavy atom. The Balaban J connectivity index is 1.44. The summed E-state index contributed by atoms with van der Waals surface area (Å²) < 4.78 is 10.8. The number of rotatable bonds is 6. The van der Waals surface area contributed by atoms with Gasteiger partial charge in [-0.15, -0.1) is 0 Å². The van der Waals surface area contributed by atoms with Crippen LogP contribution in [0.5, 0.6) is 0 Å². The summed E-state index contributed by atoms with van der Waals surface area (Å²) in [6, 6.07) is 17.6. The monoisotopic (exact) mass is 422 g/mol. The highest BCUT2D eigenvalue weighted by Gasteiger charge is 2.27. The van der Waals surface area contributed by atoms with E-state index in [2.05, 4.69) is 5.32 Å². The Morgan fingerprint density at radius 1 is 0.806 bits per heavy atom. The van der Waals surface area contributed by atoms with Crippen LogP contribution in [0, 0.1) is 11.8 Å². The van der Waals surface area contributed by atoms with Gasteiger partial charge in [0.15, 0.2) is 0 Å². The third kappa shape index (κ3) is 5.71. The molecule has 0 unspecified atom stereocenters. The summed E-state index contributed by atoms with van der Waals surface area (Å²) in [5, 5.41) is 3.01. The van der Waals surface area contributed by atoms with Gasteiger partial charge in [0.05, 0.1) is 6.54 Å². The number of nitrogens with one attached hydrogen (secondary N) is 1. The van der Waals surface area contributed by atoms with Gasteiger partial charge in [-0.1, -0.05) is 30.3 Å². The van der Waals surface area contributed by atoms with Gasteiger partial charge >= 0.3 is 0 Å². The predicted octanol–water partition coefficient (Wildman–Crippen LogP) is 4.01. The molecule has 31 heavy (non-hydrogen) atoms. The summed E-state index contributed by atoms with van der Waals surface area (Å²) in [5.41, 5.74) is 2.70. The Labute approximate surface area is 183 Å². The summed E-state index contributed by atoms with van der Waals surface area (Å²) in [6.45, 7) is 3.07. The molecule has 0 aromatic heterocycles. The Kier molecular flexibility index (Phi) is 7.33. The normalized spacial score (nSPS) is 17.8. The van der Waals surface area contributed by atoms with Crippen LogP contribution in [-0.2, 0) is 25.6 Å². The van der Waals surface area contributed by atoms with Gasteiger partial charge in [-0.3, -0.25) is 9.59 Å². The maximum absolute atomic E-state index is 13.3. The van der Waals surface area contributed by atoms with E-state index in [1.807, 2.05) is 59.5 Å². The van der Waals surface area contributed by atoms with E-state index in [4.69, 9.17) is 9.47 Å². The van der Waals surface area contributed by atoms with Crippen LogP contribution in [0.25, 0.3) is 0 Å².